The molecule has 3 amide bonds. The van der Waals surface area contributed by atoms with Gasteiger partial charge in [-0.25, -0.2) is 0 Å². The molecule has 0 bridgehead atoms. The van der Waals surface area contributed by atoms with Gasteiger partial charge in [0.05, 0.1) is 36.4 Å². The highest BCUT2D eigenvalue weighted by molar-refractivity contribution is 8.02. The molecule has 5 rings (SSSR count). The van der Waals surface area contributed by atoms with E-state index in [1.54, 1.807) is 28.6 Å². The van der Waals surface area contributed by atoms with Crippen LogP contribution in [-0.2, 0) is 19.1 Å². The van der Waals surface area contributed by atoms with Crippen molar-refractivity contribution in [3.63, 3.8) is 0 Å². The van der Waals surface area contributed by atoms with Crippen LogP contribution in [0.5, 0.6) is 0 Å². The first-order chi connectivity index (χ1) is 16.3. The minimum atomic E-state index is -0.839. The number of carbonyl (C=O) groups excluding carboxylic acids is 3. The number of ether oxygens (including phenoxy) is 1. The van der Waals surface area contributed by atoms with Gasteiger partial charge in [-0.1, -0.05) is 24.3 Å². The normalized spacial score (nSPS) is 38.1. The van der Waals surface area contributed by atoms with Crippen LogP contribution in [0.4, 0.5) is 0 Å². The monoisotopic (exact) mass is 490 g/mol. The van der Waals surface area contributed by atoms with Crippen molar-refractivity contribution in [3.05, 3.63) is 24.3 Å². The molecule has 1 unspecified atom stereocenters. The summed E-state index contributed by atoms with van der Waals surface area (Å²) < 4.78 is 4.01. The summed E-state index contributed by atoms with van der Waals surface area (Å²) in [5, 5.41) is 9.77. The second-order valence-electron chi connectivity index (χ2n) is 10.0. The Morgan fingerprint density at radius 3 is 2.47 bits per heavy atom. The van der Waals surface area contributed by atoms with Crippen LogP contribution in [0.1, 0.15) is 6.92 Å². The van der Waals surface area contributed by atoms with Crippen LogP contribution < -0.4 is 0 Å². The van der Waals surface area contributed by atoms with Gasteiger partial charge in [0.1, 0.15) is 6.04 Å². The highest BCUT2D eigenvalue weighted by atomic mass is 32.2. The number of morpholine rings is 1. The topological polar surface area (TPSA) is 93.6 Å². The molecule has 5 aliphatic heterocycles. The third kappa shape index (κ3) is 3.61. The molecule has 34 heavy (non-hydrogen) atoms. The predicted molar refractivity (Wildman–Crippen MR) is 128 cm³/mol. The first kappa shape index (κ1) is 23.8. The number of likely N-dealkylation sites (N-methyl/N-ethyl adjacent to an activating group) is 1. The third-order valence-electron chi connectivity index (χ3n) is 7.97. The van der Waals surface area contributed by atoms with E-state index in [2.05, 4.69) is 11.0 Å². The minimum Gasteiger partial charge on any atom is -0.395 e. The molecule has 3 fully saturated rings. The lowest BCUT2D eigenvalue weighted by molar-refractivity contribution is -0.144. The Balaban J connectivity index is 1.50. The fourth-order valence-corrected chi connectivity index (χ4v) is 8.48. The lowest BCUT2D eigenvalue weighted by Crippen LogP contribution is -2.55. The summed E-state index contributed by atoms with van der Waals surface area (Å²) in [6.07, 6.45) is 8.07. The molecule has 3 saturated heterocycles. The summed E-state index contributed by atoms with van der Waals surface area (Å²) in [5.41, 5.74) is 0. The molecule has 10 heteroatoms. The maximum absolute atomic E-state index is 14.0. The smallest absolute Gasteiger partial charge is 0.247 e. The maximum atomic E-state index is 14.0. The standard InChI is InChI=1S/C24H34N4O5S/c1-23-5-3-7-25(2)20(30)17(23)18-21(31)28(11-14-29)19-22(32)27(8-4-6-24(18,19)34-23)10-9-26-12-15-33-16-13-26/h3-6,17-19,29H,7-16H2,1-2H3/t17-,18+,19?,23+,24+/m1/s1. The van der Waals surface area contributed by atoms with Crippen molar-refractivity contribution >= 4 is 29.5 Å². The first-order valence-electron chi connectivity index (χ1n) is 12.1. The number of likely N-dealkylation sites (tertiary alicyclic amines) is 1. The van der Waals surface area contributed by atoms with Gasteiger partial charge in [-0.15, -0.1) is 11.8 Å². The number of rotatable bonds is 5. The third-order valence-corrected chi connectivity index (χ3v) is 9.77. The summed E-state index contributed by atoms with van der Waals surface area (Å²) in [7, 11) is 1.76. The van der Waals surface area contributed by atoms with E-state index in [9.17, 15) is 19.5 Å². The number of nitrogens with zero attached hydrogens (tertiary/aromatic N) is 4. The fourth-order valence-electron chi connectivity index (χ4n) is 6.33. The zero-order chi connectivity index (χ0) is 24.1. The van der Waals surface area contributed by atoms with Crippen LogP contribution >= 0.6 is 11.8 Å². The van der Waals surface area contributed by atoms with E-state index in [0.717, 1.165) is 19.6 Å². The number of hydrogen-bond acceptors (Lipinski definition) is 7. The largest absolute Gasteiger partial charge is 0.395 e. The molecule has 1 N–H and O–H groups in total. The molecule has 0 aromatic rings. The van der Waals surface area contributed by atoms with Crippen molar-refractivity contribution in [2.75, 3.05) is 72.7 Å². The van der Waals surface area contributed by atoms with Gasteiger partial charge in [0.15, 0.2) is 0 Å². The zero-order valence-corrected chi connectivity index (χ0v) is 20.7. The molecule has 0 aromatic carbocycles. The molecule has 186 valence electrons. The Morgan fingerprint density at radius 1 is 1.00 bits per heavy atom. The Kier molecular flexibility index (Phi) is 6.29. The van der Waals surface area contributed by atoms with Gasteiger partial charge in [-0.2, -0.15) is 0 Å². The van der Waals surface area contributed by atoms with Crippen LogP contribution in [0, 0.1) is 11.8 Å². The minimum absolute atomic E-state index is 0.0610. The Hall–Kier alpha value is -1.88. The van der Waals surface area contributed by atoms with Gasteiger partial charge in [0.2, 0.25) is 17.7 Å². The lowest BCUT2D eigenvalue weighted by atomic mass is 9.74. The van der Waals surface area contributed by atoms with E-state index in [-0.39, 0.29) is 30.9 Å². The van der Waals surface area contributed by atoms with Gasteiger partial charge >= 0.3 is 0 Å². The highest BCUT2D eigenvalue weighted by Gasteiger charge is 2.73. The number of carbonyl (C=O) groups is 3. The summed E-state index contributed by atoms with van der Waals surface area (Å²) in [6.45, 7) is 7.27. The Morgan fingerprint density at radius 2 is 1.74 bits per heavy atom. The van der Waals surface area contributed by atoms with Crippen LogP contribution in [0.15, 0.2) is 24.3 Å². The molecule has 5 atom stereocenters. The van der Waals surface area contributed by atoms with Crippen molar-refractivity contribution in [2.24, 2.45) is 11.8 Å². The average Bonchev–Trinajstić information content (AvgIpc) is 3.09. The van der Waals surface area contributed by atoms with E-state index < -0.39 is 27.4 Å². The Bertz CT molecular complexity index is 921. The van der Waals surface area contributed by atoms with Crippen molar-refractivity contribution < 1.29 is 24.2 Å². The summed E-state index contributed by atoms with van der Waals surface area (Å²) in [4.78, 5) is 48.7. The number of β-amino-alcohol motifs (C(OH)–C–C–N with tert-alkyl or cyclic N) is 1. The predicted octanol–water partition coefficient (Wildman–Crippen LogP) is -0.575. The summed E-state index contributed by atoms with van der Waals surface area (Å²) in [5.74, 6) is -1.56. The second-order valence-corrected chi connectivity index (χ2v) is 11.8. The van der Waals surface area contributed by atoms with E-state index in [1.165, 1.54) is 0 Å². The van der Waals surface area contributed by atoms with E-state index in [1.807, 2.05) is 30.1 Å². The van der Waals surface area contributed by atoms with E-state index in [0.29, 0.717) is 32.8 Å². The fraction of sp³-hybridized carbons (Fsp3) is 0.708. The maximum Gasteiger partial charge on any atom is 0.247 e. The van der Waals surface area contributed by atoms with Crippen molar-refractivity contribution in [1.29, 1.82) is 0 Å². The van der Waals surface area contributed by atoms with Gasteiger partial charge in [-0.3, -0.25) is 19.3 Å². The number of amides is 3. The van der Waals surface area contributed by atoms with Crippen molar-refractivity contribution in [2.45, 2.75) is 22.5 Å². The number of hydrogen-bond donors (Lipinski definition) is 1. The van der Waals surface area contributed by atoms with Crippen LogP contribution in [-0.4, -0.2) is 131 Å². The van der Waals surface area contributed by atoms with Crippen LogP contribution in [0.25, 0.3) is 0 Å². The van der Waals surface area contributed by atoms with Crippen LogP contribution in [0.2, 0.25) is 0 Å². The quantitative estimate of drug-likeness (QED) is 0.516. The average molecular weight is 491 g/mol. The number of fused-ring (bicyclic) bond motifs is 2. The molecular formula is C24H34N4O5S. The van der Waals surface area contributed by atoms with E-state index >= 15 is 0 Å². The zero-order valence-electron chi connectivity index (χ0n) is 19.9. The molecule has 0 aromatic heterocycles. The summed E-state index contributed by atoms with van der Waals surface area (Å²) in [6, 6.07) is -0.735. The molecule has 1 spiro atoms. The van der Waals surface area contributed by atoms with Gasteiger partial charge in [-0.05, 0) is 6.92 Å². The van der Waals surface area contributed by atoms with Crippen molar-refractivity contribution in [1.82, 2.24) is 19.6 Å². The molecule has 0 saturated carbocycles. The van der Waals surface area contributed by atoms with Gasteiger partial charge in [0.25, 0.3) is 0 Å². The molecule has 0 radical (unpaired) electrons. The highest BCUT2D eigenvalue weighted by Crippen LogP contribution is 2.65. The SMILES string of the molecule is CN1CC=C[C@]2(C)S[C@]34C=CCN(CCN5CCOCC5)C(=O)C3N(CCO)C(=O)[C@@H]4[C@@H]2C1=O. The van der Waals surface area contributed by atoms with Crippen molar-refractivity contribution in [3.8, 4) is 0 Å². The molecule has 0 aliphatic carbocycles. The number of aliphatic hydroxyl groups excluding tert-OH is 1. The first-order valence-corrected chi connectivity index (χ1v) is 12.9. The number of aliphatic hydroxyl groups is 1. The molecule has 5 heterocycles. The summed E-state index contributed by atoms with van der Waals surface area (Å²) >= 11 is 1.58. The Labute approximate surface area is 204 Å². The van der Waals surface area contributed by atoms with E-state index in [4.69, 9.17) is 4.74 Å². The lowest BCUT2D eigenvalue weighted by Gasteiger charge is -2.37. The number of thioether (sulfide) groups is 1. The van der Waals surface area contributed by atoms with Crippen LogP contribution in [0.3, 0.4) is 0 Å². The van der Waals surface area contributed by atoms with Gasteiger partial charge < -0.3 is 24.5 Å². The molecule has 9 nitrogen and oxygen atoms in total. The molecule has 5 aliphatic rings. The van der Waals surface area contributed by atoms with Gasteiger partial charge in [0, 0.05) is 57.6 Å². The second kappa shape index (κ2) is 8.96. The molecular weight excluding hydrogens is 456 g/mol.